The Labute approximate surface area is 118 Å². The molecular formula is C15H20FNO3. The molecule has 110 valence electrons. The lowest BCUT2D eigenvalue weighted by molar-refractivity contribution is -0.148. The lowest BCUT2D eigenvalue weighted by Gasteiger charge is -2.28. The molecule has 1 aromatic rings. The molecule has 2 atom stereocenters. The third kappa shape index (κ3) is 2.93. The van der Waals surface area contributed by atoms with E-state index in [9.17, 15) is 9.18 Å². The van der Waals surface area contributed by atoms with E-state index >= 15 is 0 Å². The van der Waals surface area contributed by atoms with Gasteiger partial charge in [0.25, 0.3) is 0 Å². The van der Waals surface area contributed by atoms with Crippen molar-refractivity contribution in [2.45, 2.75) is 31.2 Å². The summed E-state index contributed by atoms with van der Waals surface area (Å²) >= 11 is 0. The fourth-order valence-corrected chi connectivity index (χ4v) is 2.84. The fourth-order valence-electron chi connectivity index (χ4n) is 2.84. The summed E-state index contributed by atoms with van der Waals surface area (Å²) in [5.41, 5.74) is 5.24. The lowest BCUT2D eigenvalue weighted by Crippen LogP contribution is -2.52. The van der Waals surface area contributed by atoms with E-state index in [1.807, 2.05) is 0 Å². The van der Waals surface area contributed by atoms with Gasteiger partial charge in [-0.25, -0.2) is 4.39 Å². The number of hydrogen-bond acceptors (Lipinski definition) is 4. The van der Waals surface area contributed by atoms with Gasteiger partial charge in [-0.2, -0.15) is 0 Å². The van der Waals surface area contributed by atoms with E-state index in [0.29, 0.717) is 19.4 Å². The molecule has 0 saturated heterocycles. The first-order valence-electron chi connectivity index (χ1n) is 6.82. The molecule has 20 heavy (non-hydrogen) atoms. The average Bonchev–Trinajstić information content (AvgIpc) is 2.83. The number of rotatable bonds is 5. The Morgan fingerprint density at radius 2 is 2.25 bits per heavy atom. The number of methoxy groups -OCH3 is 1. The number of nitrogens with two attached hydrogens (primary N) is 1. The Morgan fingerprint density at radius 1 is 1.50 bits per heavy atom. The highest BCUT2D eigenvalue weighted by Gasteiger charge is 2.46. The van der Waals surface area contributed by atoms with E-state index in [1.54, 1.807) is 18.2 Å². The molecule has 1 aliphatic rings. The summed E-state index contributed by atoms with van der Waals surface area (Å²) in [5.74, 6) is -0.510. The Morgan fingerprint density at radius 3 is 2.95 bits per heavy atom. The Hall–Kier alpha value is -1.62. The molecule has 2 unspecified atom stereocenters. The van der Waals surface area contributed by atoms with Crippen molar-refractivity contribution in [1.82, 2.24) is 0 Å². The third-order valence-electron chi connectivity index (χ3n) is 4.00. The van der Waals surface area contributed by atoms with Crippen LogP contribution in [0.4, 0.5) is 4.39 Å². The Bertz CT molecular complexity index is 480. The highest BCUT2D eigenvalue weighted by atomic mass is 19.1. The van der Waals surface area contributed by atoms with Crippen LogP contribution in [0.15, 0.2) is 24.3 Å². The van der Waals surface area contributed by atoms with Gasteiger partial charge in [0.15, 0.2) is 11.6 Å². The molecule has 4 nitrogen and oxygen atoms in total. The summed E-state index contributed by atoms with van der Waals surface area (Å²) in [5, 5.41) is 0. The first-order chi connectivity index (χ1) is 9.58. The second-order valence-corrected chi connectivity index (χ2v) is 5.19. The molecular weight excluding hydrogens is 261 g/mol. The van der Waals surface area contributed by atoms with Crippen molar-refractivity contribution in [1.29, 1.82) is 0 Å². The van der Waals surface area contributed by atoms with Crippen LogP contribution in [0.1, 0.15) is 25.7 Å². The van der Waals surface area contributed by atoms with Crippen LogP contribution in [0.3, 0.4) is 0 Å². The highest BCUT2D eigenvalue weighted by molar-refractivity contribution is 5.81. The maximum absolute atomic E-state index is 13.4. The van der Waals surface area contributed by atoms with E-state index in [1.165, 1.54) is 13.2 Å². The number of carbonyl (C=O) groups is 1. The van der Waals surface area contributed by atoms with Gasteiger partial charge in [-0.1, -0.05) is 18.6 Å². The van der Waals surface area contributed by atoms with Gasteiger partial charge in [0.2, 0.25) is 0 Å². The number of para-hydroxylation sites is 1. The van der Waals surface area contributed by atoms with Crippen LogP contribution in [0, 0.1) is 11.7 Å². The Balaban J connectivity index is 1.91. The minimum Gasteiger partial charge on any atom is -0.491 e. The lowest BCUT2D eigenvalue weighted by atomic mass is 9.86. The van der Waals surface area contributed by atoms with E-state index in [4.69, 9.17) is 15.2 Å². The van der Waals surface area contributed by atoms with Gasteiger partial charge in [0.1, 0.15) is 5.54 Å². The average molecular weight is 281 g/mol. The molecule has 2 N–H and O–H groups in total. The van der Waals surface area contributed by atoms with Gasteiger partial charge in [-0.3, -0.25) is 4.79 Å². The largest absolute Gasteiger partial charge is 0.491 e. The van der Waals surface area contributed by atoms with Gasteiger partial charge in [-0.05, 0) is 37.3 Å². The summed E-state index contributed by atoms with van der Waals surface area (Å²) in [4.78, 5) is 11.8. The summed E-state index contributed by atoms with van der Waals surface area (Å²) in [7, 11) is 1.35. The number of carbonyl (C=O) groups excluding carboxylic acids is 1. The SMILES string of the molecule is COC(=O)C1(N)CCCC1CCOc1ccccc1F. The molecule has 1 aromatic carbocycles. The van der Waals surface area contributed by atoms with Crippen molar-refractivity contribution in [2.75, 3.05) is 13.7 Å². The fraction of sp³-hybridized carbons (Fsp3) is 0.533. The van der Waals surface area contributed by atoms with E-state index in [2.05, 4.69) is 0 Å². The number of halogens is 1. The number of esters is 1. The predicted octanol–water partition coefficient (Wildman–Crippen LogP) is 2.27. The number of ether oxygens (including phenoxy) is 2. The summed E-state index contributed by atoms with van der Waals surface area (Å²) in [6, 6.07) is 6.27. The Kier molecular flexibility index (Phi) is 4.60. The first kappa shape index (κ1) is 14.8. The standard InChI is InChI=1S/C15H20FNO3/c1-19-14(18)15(17)9-4-5-11(15)8-10-20-13-7-3-2-6-12(13)16/h2-3,6-7,11H,4-5,8-10,17H2,1H3. The van der Waals surface area contributed by atoms with Gasteiger partial charge in [0.05, 0.1) is 13.7 Å². The van der Waals surface area contributed by atoms with E-state index in [-0.39, 0.29) is 23.5 Å². The molecule has 2 rings (SSSR count). The van der Waals surface area contributed by atoms with Crippen LogP contribution in [0.25, 0.3) is 0 Å². The second kappa shape index (κ2) is 6.22. The van der Waals surface area contributed by atoms with Gasteiger partial charge in [-0.15, -0.1) is 0 Å². The van der Waals surface area contributed by atoms with Gasteiger partial charge < -0.3 is 15.2 Å². The maximum Gasteiger partial charge on any atom is 0.326 e. The molecule has 0 aliphatic heterocycles. The zero-order chi connectivity index (χ0) is 14.6. The molecule has 1 aliphatic carbocycles. The summed E-state index contributed by atoms with van der Waals surface area (Å²) in [6.07, 6.45) is 3.01. The predicted molar refractivity (Wildman–Crippen MR) is 72.8 cm³/mol. The maximum atomic E-state index is 13.4. The van der Waals surface area contributed by atoms with Crippen LogP contribution in [-0.2, 0) is 9.53 Å². The molecule has 1 saturated carbocycles. The first-order valence-corrected chi connectivity index (χ1v) is 6.82. The zero-order valence-corrected chi connectivity index (χ0v) is 11.6. The van der Waals surface area contributed by atoms with Gasteiger partial charge in [0, 0.05) is 0 Å². The van der Waals surface area contributed by atoms with Crippen LogP contribution in [-0.4, -0.2) is 25.2 Å². The molecule has 0 radical (unpaired) electrons. The molecule has 0 spiro atoms. The van der Waals surface area contributed by atoms with Crippen LogP contribution in [0.2, 0.25) is 0 Å². The van der Waals surface area contributed by atoms with Crippen LogP contribution in [0.5, 0.6) is 5.75 Å². The van der Waals surface area contributed by atoms with Crippen LogP contribution < -0.4 is 10.5 Å². The normalized spacial score (nSPS) is 25.4. The van der Waals surface area contributed by atoms with Crippen LogP contribution >= 0.6 is 0 Å². The molecule has 0 bridgehead atoms. The van der Waals surface area contributed by atoms with Gasteiger partial charge >= 0.3 is 5.97 Å². The van der Waals surface area contributed by atoms with Crippen molar-refractivity contribution in [3.63, 3.8) is 0 Å². The van der Waals surface area contributed by atoms with E-state index in [0.717, 1.165) is 12.8 Å². The molecule has 1 fully saturated rings. The monoisotopic (exact) mass is 281 g/mol. The topological polar surface area (TPSA) is 61.5 Å². The smallest absolute Gasteiger partial charge is 0.326 e. The minimum atomic E-state index is -0.923. The van der Waals surface area contributed by atoms with E-state index < -0.39 is 5.54 Å². The molecule has 0 aromatic heterocycles. The third-order valence-corrected chi connectivity index (χ3v) is 4.00. The van der Waals surface area contributed by atoms with Crippen molar-refractivity contribution in [3.05, 3.63) is 30.1 Å². The number of benzene rings is 1. The molecule has 0 amide bonds. The second-order valence-electron chi connectivity index (χ2n) is 5.19. The molecule has 5 heteroatoms. The van der Waals surface area contributed by atoms with Crippen molar-refractivity contribution < 1.29 is 18.7 Å². The summed E-state index contributed by atoms with van der Waals surface area (Å²) < 4.78 is 23.6. The van der Waals surface area contributed by atoms with Crippen molar-refractivity contribution in [3.8, 4) is 5.75 Å². The van der Waals surface area contributed by atoms with Crippen molar-refractivity contribution >= 4 is 5.97 Å². The summed E-state index contributed by atoms with van der Waals surface area (Å²) in [6.45, 7) is 0.335. The minimum absolute atomic E-state index is 0.0155. The molecule has 0 heterocycles. The quantitative estimate of drug-likeness (QED) is 0.841. The zero-order valence-electron chi connectivity index (χ0n) is 11.6. The van der Waals surface area contributed by atoms with Crippen molar-refractivity contribution in [2.24, 2.45) is 11.7 Å². The number of hydrogen-bond donors (Lipinski definition) is 1. The highest BCUT2D eigenvalue weighted by Crippen LogP contribution is 2.37.